The largest absolute Gasteiger partial charge is 0.481 e. The highest BCUT2D eigenvalue weighted by Gasteiger charge is 2.39. The summed E-state index contributed by atoms with van der Waals surface area (Å²) in [7, 11) is 0. The van der Waals surface area contributed by atoms with Gasteiger partial charge in [0.15, 0.2) is 0 Å². The average molecular weight is 228 g/mol. The predicted octanol–water partition coefficient (Wildman–Crippen LogP) is -0.0382. The fraction of sp³-hybridized carbons (Fsp3) is 0.909. The molecule has 2 aliphatic heterocycles. The van der Waals surface area contributed by atoms with Crippen LogP contribution >= 0.6 is 0 Å². The zero-order valence-corrected chi connectivity index (χ0v) is 9.50. The Morgan fingerprint density at radius 3 is 2.81 bits per heavy atom. The molecule has 0 aromatic heterocycles. The van der Waals surface area contributed by atoms with Crippen molar-refractivity contribution in [3.63, 3.8) is 0 Å². The SMILES string of the molecule is O=C(O)CC1(NCC2CCCCO2)CNC1. The molecule has 0 saturated carbocycles. The first-order valence-corrected chi connectivity index (χ1v) is 5.99. The number of ether oxygens (including phenoxy) is 1. The Morgan fingerprint density at radius 2 is 2.31 bits per heavy atom. The van der Waals surface area contributed by atoms with Gasteiger partial charge in [0.05, 0.1) is 18.1 Å². The van der Waals surface area contributed by atoms with Gasteiger partial charge in [-0.2, -0.15) is 0 Å². The van der Waals surface area contributed by atoms with Crippen molar-refractivity contribution in [1.29, 1.82) is 0 Å². The first kappa shape index (κ1) is 11.8. The average Bonchev–Trinajstić information content (AvgIpc) is 2.23. The van der Waals surface area contributed by atoms with Crippen molar-refractivity contribution >= 4 is 5.97 Å². The van der Waals surface area contributed by atoms with Gasteiger partial charge in [0.1, 0.15) is 0 Å². The predicted molar refractivity (Wildman–Crippen MR) is 59.4 cm³/mol. The summed E-state index contributed by atoms with van der Waals surface area (Å²) in [6, 6.07) is 0. The molecule has 5 nitrogen and oxygen atoms in total. The van der Waals surface area contributed by atoms with Crippen LogP contribution < -0.4 is 10.6 Å². The van der Waals surface area contributed by atoms with Gasteiger partial charge in [-0.15, -0.1) is 0 Å². The lowest BCUT2D eigenvalue weighted by molar-refractivity contribution is -0.139. The standard InChI is InChI=1S/C11H20N2O3/c14-10(15)5-11(7-12-8-11)13-6-9-3-1-2-4-16-9/h9,12-13H,1-8H2,(H,14,15). The van der Waals surface area contributed by atoms with Crippen LogP contribution in [-0.4, -0.2) is 49.0 Å². The molecule has 2 aliphatic rings. The lowest BCUT2D eigenvalue weighted by atomic mass is 9.88. The van der Waals surface area contributed by atoms with Gasteiger partial charge in [0.2, 0.25) is 0 Å². The van der Waals surface area contributed by atoms with E-state index in [4.69, 9.17) is 9.84 Å². The molecule has 16 heavy (non-hydrogen) atoms. The molecular weight excluding hydrogens is 208 g/mol. The van der Waals surface area contributed by atoms with Crippen molar-refractivity contribution in [2.45, 2.75) is 37.3 Å². The Morgan fingerprint density at radius 1 is 1.50 bits per heavy atom. The molecule has 0 spiro atoms. The molecule has 0 radical (unpaired) electrons. The summed E-state index contributed by atoms with van der Waals surface area (Å²) in [4.78, 5) is 10.8. The van der Waals surface area contributed by atoms with Crippen molar-refractivity contribution in [3.8, 4) is 0 Å². The van der Waals surface area contributed by atoms with Crippen LogP contribution in [0.4, 0.5) is 0 Å². The van der Waals surface area contributed by atoms with Crippen molar-refractivity contribution in [2.24, 2.45) is 0 Å². The van der Waals surface area contributed by atoms with E-state index in [1.165, 1.54) is 6.42 Å². The third kappa shape index (κ3) is 2.93. The second kappa shape index (κ2) is 5.12. The van der Waals surface area contributed by atoms with E-state index in [-0.39, 0.29) is 18.1 Å². The van der Waals surface area contributed by atoms with E-state index in [0.717, 1.165) is 39.1 Å². The van der Waals surface area contributed by atoms with E-state index in [9.17, 15) is 4.79 Å². The van der Waals surface area contributed by atoms with Crippen molar-refractivity contribution in [2.75, 3.05) is 26.2 Å². The number of hydrogen-bond acceptors (Lipinski definition) is 4. The van der Waals surface area contributed by atoms with Crippen LogP contribution in [0.1, 0.15) is 25.7 Å². The molecule has 0 bridgehead atoms. The summed E-state index contributed by atoms with van der Waals surface area (Å²) in [6.07, 6.45) is 3.91. The van der Waals surface area contributed by atoms with E-state index >= 15 is 0 Å². The molecule has 2 heterocycles. The molecule has 0 aromatic rings. The molecule has 2 rings (SSSR count). The van der Waals surface area contributed by atoms with Crippen LogP contribution in [0.25, 0.3) is 0 Å². The third-order valence-corrected chi connectivity index (χ3v) is 3.40. The van der Waals surface area contributed by atoms with Crippen LogP contribution in [0.3, 0.4) is 0 Å². The van der Waals surface area contributed by atoms with E-state index in [1.807, 2.05) is 0 Å². The maximum atomic E-state index is 10.8. The quantitative estimate of drug-likeness (QED) is 0.616. The van der Waals surface area contributed by atoms with Gasteiger partial charge >= 0.3 is 5.97 Å². The van der Waals surface area contributed by atoms with Crippen LogP contribution in [0, 0.1) is 0 Å². The molecule has 2 fully saturated rings. The lowest BCUT2D eigenvalue weighted by Gasteiger charge is -2.43. The van der Waals surface area contributed by atoms with Gasteiger partial charge in [0.25, 0.3) is 0 Å². The van der Waals surface area contributed by atoms with Gasteiger partial charge < -0.3 is 20.5 Å². The molecule has 0 aromatic carbocycles. The van der Waals surface area contributed by atoms with E-state index < -0.39 is 5.97 Å². The molecule has 3 N–H and O–H groups in total. The minimum absolute atomic E-state index is 0.187. The summed E-state index contributed by atoms with van der Waals surface area (Å²) in [5, 5.41) is 15.3. The molecule has 2 saturated heterocycles. The highest BCUT2D eigenvalue weighted by Crippen LogP contribution is 2.18. The van der Waals surface area contributed by atoms with Gasteiger partial charge in [-0.25, -0.2) is 0 Å². The first-order chi connectivity index (χ1) is 7.70. The zero-order valence-electron chi connectivity index (χ0n) is 9.50. The first-order valence-electron chi connectivity index (χ1n) is 5.99. The van der Waals surface area contributed by atoms with E-state index in [0.29, 0.717) is 0 Å². The Hall–Kier alpha value is -0.650. The number of rotatable bonds is 5. The van der Waals surface area contributed by atoms with E-state index in [1.54, 1.807) is 0 Å². The van der Waals surface area contributed by atoms with Gasteiger partial charge in [-0.05, 0) is 19.3 Å². The molecule has 1 unspecified atom stereocenters. The van der Waals surface area contributed by atoms with Crippen molar-refractivity contribution < 1.29 is 14.6 Å². The van der Waals surface area contributed by atoms with Crippen LogP contribution in [0.15, 0.2) is 0 Å². The van der Waals surface area contributed by atoms with Crippen molar-refractivity contribution in [1.82, 2.24) is 10.6 Å². The number of hydrogen-bond donors (Lipinski definition) is 3. The number of carboxylic acids is 1. The number of carbonyl (C=O) groups is 1. The number of aliphatic carboxylic acids is 1. The maximum Gasteiger partial charge on any atom is 0.305 e. The zero-order chi connectivity index (χ0) is 11.4. The van der Waals surface area contributed by atoms with Gasteiger partial charge in [-0.1, -0.05) is 0 Å². The fourth-order valence-corrected chi connectivity index (χ4v) is 2.33. The molecular formula is C11H20N2O3. The van der Waals surface area contributed by atoms with Crippen LogP contribution in [0.2, 0.25) is 0 Å². The lowest BCUT2D eigenvalue weighted by Crippen LogP contribution is -2.69. The minimum atomic E-state index is -0.737. The fourth-order valence-electron chi connectivity index (χ4n) is 2.33. The second-order valence-electron chi connectivity index (χ2n) is 4.82. The van der Waals surface area contributed by atoms with Crippen LogP contribution in [-0.2, 0) is 9.53 Å². The number of carboxylic acid groups (broad SMARTS) is 1. The molecule has 0 amide bonds. The molecule has 0 aliphatic carbocycles. The highest BCUT2D eigenvalue weighted by molar-refractivity contribution is 5.68. The Labute approximate surface area is 95.5 Å². The monoisotopic (exact) mass is 228 g/mol. The minimum Gasteiger partial charge on any atom is -0.481 e. The van der Waals surface area contributed by atoms with Gasteiger partial charge in [-0.3, -0.25) is 4.79 Å². The number of nitrogens with one attached hydrogen (secondary N) is 2. The molecule has 5 heteroatoms. The molecule has 92 valence electrons. The van der Waals surface area contributed by atoms with Crippen LogP contribution in [0.5, 0.6) is 0 Å². The second-order valence-corrected chi connectivity index (χ2v) is 4.82. The Kier molecular flexibility index (Phi) is 3.78. The Balaban J connectivity index is 1.75. The topological polar surface area (TPSA) is 70.6 Å². The van der Waals surface area contributed by atoms with Crippen molar-refractivity contribution in [3.05, 3.63) is 0 Å². The Bertz CT molecular complexity index is 248. The summed E-state index contributed by atoms with van der Waals surface area (Å²) in [5.41, 5.74) is -0.243. The third-order valence-electron chi connectivity index (χ3n) is 3.40. The highest BCUT2D eigenvalue weighted by atomic mass is 16.5. The summed E-state index contributed by atoms with van der Waals surface area (Å²) >= 11 is 0. The smallest absolute Gasteiger partial charge is 0.305 e. The van der Waals surface area contributed by atoms with E-state index in [2.05, 4.69) is 10.6 Å². The summed E-state index contributed by atoms with van der Waals surface area (Å²) in [5.74, 6) is -0.737. The summed E-state index contributed by atoms with van der Waals surface area (Å²) in [6.45, 7) is 3.10. The maximum absolute atomic E-state index is 10.8. The normalized spacial score (nSPS) is 28.4. The summed E-state index contributed by atoms with van der Waals surface area (Å²) < 4.78 is 5.62. The van der Waals surface area contributed by atoms with Gasteiger partial charge in [0, 0.05) is 26.2 Å². The molecule has 1 atom stereocenters.